The lowest BCUT2D eigenvalue weighted by molar-refractivity contribution is -0.711. The Morgan fingerprint density at radius 2 is 1.84 bits per heavy atom. The Bertz CT molecular complexity index is 620. The van der Waals surface area contributed by atoms with Gasteiger partial charge in [-0.25, -0.2) is 4.79 Å². The molecule has 0 amide bonds. The topological polar surface area (TPSA) is 41.2 Å². The summed E-state index contributed by atoms with van der Waals surface area (Å²) in [5.41, 5.74) is 3.31. The predicted molar refractivity (Wildman–Crippen MR) is 72.0 cm³/mol. The molecule has 1 aromatic heterocycles. The second-order valence-corrected chi connectivity index (χ2v) is 4.87. The van der Waals surface area contributed by atoms with Gasteiger partial charge in [0, 0.05) is 18.9 Å². The van der Waals surface area contributed by atoms with Crippen molar-refractivity contribution in [3.63, 3.8) is 0 Å². The van der Waals surface area contributed by atoms with Crippen LogP contribution < -0.4 is 4.57 Å². The lowest BCUT2D eigenvalue weighted by Gasteiger charge is -2.14. The number of aromatic nitrogens is 1. The summed E-state index contributed by atoms with van der Waals surface area (Å²) in [5, 5.41) is 9.56. The summed E-state index contributed by atoms with van der Waals surface area (Å²) in [5.74, 6) is -0.845. The number of hydrogen-bond acceptors (Lipinski definition) is 1. The van der Waals surface area contributed by atoms with Gasteiger partial charge in [-0.3, -0.25) is 0 Å². The number of aromatic carboxylic acids is 1. The number of hydrogen-bond donors (Lipinski definition) is 1. The zero-order chi connectivity index (χ0) is 13.2. The monoisotopic (exact) mass is 254 g/mol. The van der Waals surface area contributed by atoms with E-state index in [9.17, 15) is 9.90 Å². The van der Waals surface area contributed by atoms with Crippen molar-refractivity contribution in [3.8, 4) is 11.1 Å². The number of benzene rings is 1. The van der Waals surface area contributed by atoms with Gasteiger partial charge < -0.3 is 5.11 Å². The van der Waals surface area contributed by atoms with Crippen LogP contribution in [0.2, 0.25) is 0 Å². The molecule has 0 saturated heterocycles. The molecule has 1 aliphatic heterocycles. The largest absolute Gasteiger partial charge is 0.473 e. The lowest BCUT2D eigenvalue weighted by atomic mass is 9.99. The second kappa shape index (κ2) is 4.84. The summed E-state index contributed by atoms with van der Waals surface area (Å²) in [6, 6.07) is 13.7. The van der Waals surface area contributed by atoms with Crippen molar-refractivity contribution in [1.29, 1.82) is 0 Å². The van der Waals surface area contributed by atoms with E-state index < -0.39 is 5.97 Å². The fraction of sp³-hybridized carbons (Fsp3) is 0.250. The Labute approximate surface area is 112 Å². The molecule has 1 aromatic carbocycles. The summed E-state index contributed by atoms with van der Waals surface area (Å²) < 4.78 is 1.97. The molecule has 0 aliphatic carbocycles. The maximum Gasteiger partial charge on any atom is 0.401 e. The smallest absolute Gasteiger partial charge is 0.401 e. The summed E-state index contributed by atoms with van der Waals surface area (Å²) in [6.45, 7) is 0.803. The summed E-state index contributed by atoms with van der Waals surface area (Å²) in [4.78, 5) is 11.6. The standard InChI is InChI=1S/C16H15NO2/c18-16(19)15-14(12-6-2-1-3-7-12)10-9-13-8-4-5-11-17(13)15/h1-3,6-7,9-10H,4-5,8,11H2/p+1. The van der Waals surface area contributed by atoms with Gasteiger partial charge in [0.05, 0.1) is 5.56 Å². The number of nitrogens with zero attached hydrogens (tertiary/aromatic N) is 1. The third-order valence-corrected chi connectivity index (χ3v) is 3.67. The van der Waals surface area contributed by atoms with Crippen LogP contribution in [0.5, 0.6) is 0 Å². The van der Waals surface area contributed by atoms with E-state index in [-0.39, 0.29) is 0 Å². The maximum absolute atomic E-state index is 11.6. The molecule has 96 valence electrons. The van der Waals surface area contributed by atoms with Gasteiger partial charge in [0.1, 0.15) is 6.54 Å². The van der Waals surface area contributed by atoms with Crippen LogP contribution in [0.25, 0.3) is 11.1 Å². The van der Waals surface area contributed by atoms with Gasteiger partial charge in [0.15, 0.2) is 5.69 Å². The number of pyridine rings is 1. The van der Waals surface area contributed by atoms with E-state index >= 15 is 0 Å². The van der Waals surface area contributed by atoms with E-state index in [0.717, 1.165) is 42.6 Å². The maximum atomic E-state index is 11.6. The minimum absolute atomic E-state index is 0.420. The third-order valence-electron chi connectivity index (χ3n) is 3.67. The average Bonchev–Trinajstić information content (AvgIpc) is 2.46. The van der Waals surface area contributed by atoms with Gasteiger partial charge in [0.2, 0.25) is 0 Å². The van der Waals surface area contributed by atoms with Crippen LogP contribution in [0.3, 0.4) is 0 Å². The van der Waals surface area contributed by atoms with Crippen molar-refractivity contribution in [2.45, 2.75) is 25.8 Å². The van der Waals surface area contributed by atoms with E-state index in [1.54, 1.807) is 0 Å². The molecule has 0 bridgehead atoms. The zero-order valence-corrected chi connectivity index (χ0v) is 10.7. The number of fused-ring (bicyclic) bond motifs is 1. The molecule has 3 rings (SSSR count). The lowest BCUT2D eigenvalue weighted by Crippen LogP contribution is -2.47. The molecule has 3 nitrogen and oxygen atoms in total. The van der Waals surface area contributed by atoms with Gasteiger partial charge in [-0.1, -0.05) is 30.3 Å². The highest BCUT2D eigenvalue weighted by Crippen LogP contribution is 2.23. The van der Waals surface area contributed by atoms with E-state index in [2.05, 4.69) is 6.07 Å². The minimum atomic E-state index is -0.845. The Hall–Kier alpha value is -2.16. The minimum Gasteiger partial charge on any atom is -0.473 e. The highest BCUT2D eigenvalue weighted by atomic mass is 16.4. The molecule has 0 spiro atoms. The molecule has 3 heteroatoms. The average molecular weight is 254 g/mol. The van der Waals surface area contributed by atoms with Gasteiger partial charge >= 0.3 is 5.97 Å². The number of carboxylic acids is 1. The van der Waals surface area contributed by atoms with Crippen LogP contribution in [0, 0.1) is 0 Å². The van der Waals surface area contributed by atoms with Gasteiger partial charge in [-0.2, -0.15) is 4.57 Å². The van der Waals surface area contributed by atoms with Crippen LogP contribution in [-0.4, -0.2) is 11.1 Å². The van der Waals surface area contributed by atoms with Crippen molar-refractivity contribution < 1.29 is 14.5 Å². The number of carboxylic acid groups (broad SMARTS) is 1. The normalized spacial score (nSPS) is 13.9. The van der Waals surface area contributed by atoms with Gasteiger partial charge in [-0.15, -0.1) is 0 Å². The van der Waals surface area contributed by atoms with E-state index in [0.29, 0.717) is 5.69 Å². The Morgan fingerprint density at radius 3 is 2.58 bits per heavy atom. The Morgan fingerprint density at radius 1 is 1.05 bits per heavy atom. The van der Waals surface area contributed by atoms with Crippen LogP contribution in [0.4, 0.5) is 0 Å². The SMILES string of the molecule is O=C(O)c1c(-c2ccccc2)ccc2[n+]1CCCC2. The molecular formula is C16H16NO2+. The number of carbonyl (C=O) groups is 1. The molecule has 0 saturated carbocycles. The van der Waals surface area contributed by atoms with Crippen molar-refractivity contribution >= 4 is 5.97 Å². The quantitative estimate of drug-likeness (QED) is 0.837. The molecule has 0 fully saturated rings. The van der Waals surface area contributed by atoms with Crippen LogP contribution in [0.1, 0.15) is 29.0 Å². The Balaban J connectivity index is 2.23. The molecule has 2 heterocycles. The highest BCUT2D eigenvalue weighted by Gasteiger charge is 2.29. The van der Waals surface area contributed by atoms with Gasteiger partial charge in [0.25, 0.3) is 5.69 Å². The van der Waals surface area contributed by atoms with E-state index in [4.69, 9.17) is 0 Å². The van der Waals surface area contributed by atoms with E-state index in [1.165, 1.54) is 0 Å². The van der Waals surface area contributed by atoms with Crippen LogP contribution >= 0.6 is 0 Å². The number of aryl methyl sites for hydroxylation is 1. The Kier molecular flexibility index (Phi) is 3.03. The van der Waals surface area contributed by atoms with Gasteiger partial charge in [-0.05, 0) is 18.1 Å². The van der Waals surface area contributed by atoms with Crippen molar-refractivity contribution in [1.82, 2.24) is 0 Å². The fourth-order valence-corrected chi connectivity index (χ4v) is 2.77. The second-order valence-electron chi connectivity index (χ2n) is 4.87. The van der Waals surface area contributed by atoms with Crippen molar-refractivity contribution in [2.75, 3.05) is 0 Å². The molecular weight excluding hydrogens is 238 g/mol. The van der Waals surface area contributed by atoms with Crippen molar-refractivity contribution in [2.24, 2.45) is 0 Å². The molecule has 0 unspecified atom stereocenters. The molecule has 2 aromatic rings. The summed E-state index contributed by atoms with van der Waals surface area (Å²) in [7, 11) is 0. The molecule has 0 radical (unpaired) electrons. The third kappa shape index (κ3) is 2.12. The molecule has 1 N–H and O–H groups in total. The molecule has 19 heavy (non-hydrogen) atoms. The first-order valence-electron chi connectivity index (χ1n) is 6.62. The first-order valence-corrected chi connectivity index (χ1v) is 6.62. The number of rotatable bonds is 2. The highest BCUT2D eigenvalue weighted by molar-refractivity contribution is 5.92. The van der Waals surface area contributed by atoms with E-state index in [1.807, 2.05) is 41.0 Å². The summed E-state index contributed by atoms with van der Waals surface area (Å²) in [6.07, 6.45) is 3.16. The molecule has 1 aliphatic rings. The van der Waals surface area contributed by atoms with Crippen molar-refractivity contribution in [3.05, 3.63) is 53.9 Å². The summed E-state index contributed by atoms with van der Waals surface area (Å²) >= 11 is 0. The zero-order valence-electron chi connectivity index (χ0n) is 10.7. The first kappa shape index (κ1) is 11.9. The molecule has 0 atom stereocenters. The predicted octanol–water partition coefficient (Wildman–Crippen LogP) is 2.68. The van der Waals surface area contributed by atoms with Crippen LogP contribution in [0.15, 0.2) is 42.5 Å². The fourth-order valence-electron chi connectivity index (χ4n) is 2.77. The van der Waals surface area contributed by atoms with Crippen LogP contribution in [-0.2, 0) is 13.0 Å². The first-order chi connectivity index (χ1) is 9.27.